The van der Waals surface area contributed by atoms with Gasteiger partial charge in [-0.2, -0.15) is 0 Å². The van der Waals surface area contributed by atoms with Gasteiger partial charge in [-0.1, -0.05) is 30.3 Å². The molecule has 0 bridgehead atoms. The quantitative estimate of drug-likeness (QED) is 0.554. The number of nitrogens with one attached hydrogen (secondary N) is 1. The molecular weight excluding hydrogens is 400 g/mol. The SMILES string of the molecule is CCOc1ccc(N(CCCC(=O)NC(C)CCc2ccccc2)S(C)(=O)=O)cc1. The normalized spacial score (nSPS) is 12.2. The van der Waals surface area contributed by atoms with Gasteiger partial charge in [-0.15, -0.1) is 0 Å². The van der Waals surface area contributed by atoms with E-state index in [0.29, 0.717) is 24.5 Å². The largest absolute Gasteiger partial charge is 0.494 e. The Labute approximate surface area is 180 Å². The molecule has 0 heterocycles. The number of ether oxygens (including phenoxy) is 1. The molecule has 0 saturated heterocycles. The zero-order chi connectivity index (χ0) is 22.0. The highest BCUT2D eigenvalue weighted by atomic mass is 32.2. The fourth-order valence-electron chi connectivity index (χ4n) is 3.19. The molecule has 0 aliphatic heterocycles. The van der Waals surface area contributed by atoms with E-state index in [1.54, 1.807) is 24.3 Å². The molecule has 1 atom stereocenters. The molecule has 0 saturated carbocycles. The van der Waals surface area contributed by atoms with Crippen LogP contribution in [0.4, 0.5) is 5.69 Å². The van der Waals surface area contributed by atoms with Crippen LogP contribution in [0.2, 0.25) is 0 Å². The average molecular weight is 433 g/mol. The lowest BCUT2D eigenvalue weighted by atomic mass is 10.1. The van der Waals surface area contributed by atoms with Crippen molar-refractivity contribution in [3.63, 3.8) is 0 Å². The van der Waals surface area contributed by atoms with Crippen molar-refractivity contribution in [2.24, 2.45) is 0 Å². The molecule has 2 aromatic rings. The zero-order valence-corrected chi connectivity index (χ0v) is 18.8. The van der Waals surface area contributed by atoms with E-state index in [2.05, 4.69) is 17.4 Å². The summed E-state index contributed by atoms with van der Waals surface area (Å²) in [5, 5.41) is 3.00. The predicted octanol–water partition coefficient (Wildman–Crippen LogP) is 3.77. The summed E-state index contributed by atoms with van der Waals surface area (Å²) >= 11 is 0. The van der Waals surface area contributed by atoms with Crippen LogP contribution in [0.1, 0.15) is 38.7 Å². The molecule has 1 amide bonds. The first-order chi connectivity index (χ1) is 14.3. The molecule has 2 aromatic carbocycles. The molecule has 1 unspecified atom stereocenters. The molecule has 0 spiro atoms. The van der Waals surface area contributed by atoms with Crippen molar-refractivity contribution in [3.8, 4) is 5.75 Å². The summed E-state index contributed by atoms with van der Waals surface area (Å²) in [4.78, 5) is 12.3. The van der Waals surface area contributed by atoms with Crippen molar-refractivity contribution in [2.45, 2.75) is 45.6 Å². The minimum Gasteiger partial charge on any atom is -0.494 e. The molecule has 0 aliphatic rings. The predicted molar refractivity (Wildman–Crippen MR) is 121 cm³/mol. The van der Waals surface area contributed by atoms with Gasteiger partial charge in [-0.05, 0) is 62.9 Å². The van der Waals surface area contributed by atoms with Crippen LogP contribution < -0.4 is 14.4 Å². The van der Waals surface area contributed by atoms with Crippen LogP contribution in [-0.2, 0) is 21.2 Å². The Balaban J connectivity index is 1.81. The highest BCUT2D eigenvalue weighted by Gasteiger charge is 2.18. The number of sulfonamides is 1. The molecule has 164 valence electrons. The third-order valence-electron chi connectivity index (χ3n) is 4.72. The number of hydrogen-bond donors (Lipinski definition) is 1. The van der Waals surface area contributed by atoms with Gasteiger partial charge >= 0.3 is 0 Å². The molecule has 0 aromatic heterocycles. The van der Waals surface area contributed by atoms with Gasteiger partial charge in [0.25, 0.3) is 0 Å². The second-order valence-electron chi connectivity index (χ2n) is 7.36. The van der Waals surface area contributed by atoms with Gasteiger partial charge in [0.2, 0.25) is 15.9 Å². The minimum atomic E-state index is -3.44. The Morgan fingerprint density at radius 2 is 1.77 bits per heavy atom. The van der Waals surface area contributed by atoms with Crippen molar-refractivity contribution < 1.29 is 17.9 Å². The van der Waals surface area contributed by atoms with Crippen molar-refractivity contribution in [3.05, 3.63) is 60.2 Å². The Morgan fingerprint density at radius 1 is 1.10 bits per heavy atom. The summed E-state index contributed by atoms with van der Waals surface area (Å²) < 4.78 is 31.2. The Bertz CT molecular complexity index is 883. The fourth-order valence-corrected chi connectivity index (χ4v) is 4.16. The monoisotopic (exact) mass is 432 g/mol. The van der Waals surface area contributed by atoms with E-state index in [0.717, 1.165) is 12.8 Å². The summed E-state index contributed by atoms with van der Waals surface area (Å²) in [5.41, 5.74) is 1.82. The van der Waals surface area contributed by atoms with E-state index in [1.165, 1.54) is 16.1 Å². The summed E-state index contributed by atoms with van der Waals surface area (Å²) in [7, 11) is -3.44. The van der Waals surface area contributed by atoms with Crippen LogP contribution in [0.25, 0.3) is 0 Å². The smallest absolute Gasteiger partial charge is 0.232 e. The molecular formula is C23H32N2O4S. The molecule has 1 N–H and O–H groups in total. The summed E-state index contributed by atoms with van der Waals surface area (Å²) in [6, 6.07) is 17.2. The molecule has 7 heteroatoms. The first kappa shape index (κ1) is 23.7. The van der Waals surface area contributed by atoms with Gasteiger partial charge in [0.05, 0.1) is 18.6 Å². The Kier molecular flexibility index (Phi) is 9.17. The number of carbonyl (C=O) groups excluding carboxylic acids is 1. The number of benzene rings is 2. The highest BCUT2D eigenvalue weighted by Crippen LogP contribution is 2.22. The number of aryl methyl sites for hydroxylation is 1. The molecule has 0 radical (unpaired) electrons. The van der Waals surface area contributed by atoms with Crippen LogP contribution in [0, 0.1) is 0 Å². The van der Waals surface area contributed by atoms with Gasteiger partial charge in [0, 0.05) is 19.0 Å². The van der Waals surface area contributed by atoms with Crippen LogP contribution in [-0.4, -0.2) is 39.8 Å². The van der Waals surface area contributed by atoms with Crippen molar-refractivity contribution >= 4 is 21.6 Å². The Morgan fingerprint density at radius 3 is 2.37 bits per heavy atom. The number of nitrogens with zero attached hydrogens (tertiary/aromatic N) is 1. The average Bonchev–Trinajstić information content (AvgIpc) is 2.71. The van der Waals surface area contributed by atoms with E-state index < -0.39 is 10.0 Å². The maximum atomic E-state index is 12.3. The second-order valence-corrected chi connectivity index (χ2v) is 9.27. The van der Waals surface area contributed by atoms with E-state index >= 15 is 0 Å². The molecule has 2 rings (SSSR count). The second kappa shape index (κ2) is 11.6. The number of hydrogen-bond acceptors (Lipinski definition) is 4. The van der Waals surface area contributed by atoms with Gasteiger partial charge in [0.1, 0.15) is 5.75 Å². The molecule has 0 fully saturated rings. The van der Waals surface area contributed by atoms with Crippen molar-refractivity contribution in [1.29, 1.82) is 0 Å². The standard InChI is InChI=1S/C23H32N2O4S/c1-4-29-22-16-14-21(15-17-22)25(30(3,27)28)18-8-11-23(26)24-19(2)12-13-20-9-6-5-7-10-20/h5-7,9-10,14-17,19H,4,8,11-13,18H2,1-3H3,(H,24,26). The molecule has 6 nitrogen and oxygen atoms in total. The molecule has 0 aliphatic carbocycles. The maximum absolute atomic E-state index is 12.3. The minimum absolute atomic E-state index is 0.0595. The van der Waals surface area contributed by atoms with Crippen LogP contribution in [0.5, 0.6) is 5.75 Å². The lowest BCUT2D eigenvalue weighted by Crippen LogP contribution is -2.34. The van der Waals surface area contributed by atoms with E-state index in [4.69, 9.17) is 4.74 Å². The number of carbonyl (C=O) groups is 1. The van der Waals surface area contributed by atoms with E-state index in [9.17, 15) is 13.2 Å². The maximum Gasteiger partial charge on any atom is 0.232 e. The van der Waals surface area contributed by atoms with Gasteiger partial charge in [-0.3, -0.25) is 9.10 Å². The summed E-state index contributed by atoms with van der Waals surface area (Å²) in [5.74, 6) is 0.634. The van der Waals surface area contributed by atoms with E-state index in [1.807, 2.05) is 32.0 Å². The van der Waals surface area contributed by atoms with Gasteiger partial charge in [0.15, 0.2) is 0 Å². The summed E-state index contributed by atoms with van der Waals surface area (Å²) in [6.07, 6.45) is 3.66. The third-order valence-corrected chi connectivity index (χ3v) is 5.91. The van der Waals surface area contributed by atoms with Crippen molar-refractivity contribution in [1.82, 2.24) is 5.32 Å². The first-order valence-electron chi connectivity index (χ1n) is 10.3. The fraction of sp³-hybridized carbons (Fsp3) is 0.435. The van der Waals surface area contributed by atoms with E-state index in [-0.39, 0.29) is 24.9 Å². The zero-order valence-electron chi connectivity index (χ0n) is 18.0. The number of anilines is 1. The summed E-state index contributed by atoms with van der Waals surface area (Å²) in [6.45, 7) is 4.68. The first-order valence-corrected chi connectivity index (χ1v) is 12.2. The number of amides is 1. The van der Waals surface area contributed by atoms with Crippen LogP contribution in [0.15, 0.2) is 54.6 Å². The van der Waals surface area contributed by atoms with Gasteiger partial charge < -0.3 is 10.1 Å². The number of rotatable bonds is 12. The third kappa shape index (κ3) is 8.06. The highest BCUT2D eigenvalue weighted by molar-refractivity contribution is 7.92. The van der Waals surface area contributed by atoms with Crippen molar-refractivity contribution in [2.75, 3.05) is 23.7 Å². The molecule has 30 heavy (non-hydrogen) atoms. The lowest BCUT2D eigenvalue weighted by molar-refractivity contribution is -0.121. The van der Waals surface area contributed by atoms with Crippen LogP contribution >= 0.6 is 0 Å². The Hall–Kier alpha value is -2.54. The van der Waals surface area contributed by atoms with Gasteiger partial charge in [-0.25, -0.2) is 8.42 Å². The topological polar surface area (TPSA) is 75.7 Å². The van der Waals surface area contributed by atoms with Crippen LogP contribution in [0.3, 0.4) is 0 Å². The lowest BCUT2D eigenvalue weighted by Gasteiger charge is -2.23.